The van der Waals surface area contributed by atoms with Gasteiger partial charge in [0.25, 0.3) is 0 Å². The lowest BCUT2D eigenvalue weighted by atomic mass is 9.95. The number of alkyl halides is 1. The van der Waals surface area contributed by atoms with E-state index in [2.05, 4.69) is 21.2 Å². The molecule has 0 saturated carbocycles. The molecular weight excluding hydrogens is 380 g/mol. The van der Waals surface area contributed by atoms with Crippen LogP contribution in [0.2, 0.25) is 5.02 Å². The van der Waals surface area contributed by atoms with E-state index in [1.165, 1.54) is 0 Å². The maximum absolute atomic E-state index is 11.3. The van der Waals surface area contributed by atoms with Gasteiger partial charge in [-0.15, -0.1) is 0 Å². The molecule has 2 aromatic rings. The second-order valence-electron chi connectivity index (χ2n) is 5.38. The van der Waals surface area contributed by atoms with Gasteiger partial charge in [-0.1, -0.05) is 57.9 Å². The Morgan fingerprint density at radius 3 is 2.65 bits per heavy atom. The number of nitrogens with one attached hydrogen (secondary N) is 1. The molecule has 0 aromatic heterocycles. The number of halogens is 2. The van der Waals surface area contributed by atoms with Crippen molar-refractivity contribution in [2.45, 2.75) is 12.1 Å². The van der Waals surface area contributed by atoms with Crippen LogP contribution < -0.4 is 5.32 Å². The summed E-state index contributed by atoms with van der Waals surface area (Å²) >= 11 is 9.54. The summed E-state index contributed by atoms with van der Waals surface area (Å²) in [7, 11) is 0. The van der Waals surface area contributed by atoms with Crippen molar-refractivity contribution in [3.05, 3.63) is 64.7 Å². The third-order valence-corrected chi connectivity index (χ3v) is 4.80. The number of anilines is 1. The quantitative estimate of drug-likeness (QED) is 0.766. The second kappa shape index (κ2) is 6.34. The molecule has 0 radical (unpaired) electrons. The van der Waals surface area contributed by atoms with Crippen LogP contribution in [0.25, 0.3) is 0 Å². The van der Waals surface area contributed by atoms with Crippen LogP contribution >= 0.6 is 27.5 Å². The van der Waals surface area contributed by atoms with Crippen LogP contribution in [0.3, 0.4) is 0 Å². The monoisotopic (exact) mass is 392 g/mol. The fourth-order valence-electron chi connectivity index (χ4n) is 2.63. The molecule has 1 aliphatic rings. The van der Waals surface area contributed by atoms with Crippen molar-refractivity contribution < 1.29 is 9.90 Å². The van der Waals surface area contributed by atoms with Crippen molar-refractivity contribution in [3.63, 3.8) is 0 Å². The average Bonchev–Trinajstić information content (AvgIpc) is 2.55. The van der Waals surface area contributed by atoms with Crippen LogP contribution in [0.4, 0.5) is 5.69 Å². The van der Waals surface area contributed by atoms with Gasteiger partial charge in [0.2, 0.25) is 0 Å². The molecule has 0 fully saturated rings. The van der Waals surface area contributed by atoms with Crippen LogP contribution in [-0.4, -0.2) is 27.8 Å². The Morgan fingerprint density at radius 2 is 2.00 bits per heavy atom. The first kappa shape index (κ1) is 16.0. The standard InChI is InChI=1S/C17H14BrClN2O2/c18-10-17(9-15(22)23)20-14-7-6-12(19)8-13(14)16(21-17)11-4-2-1-3-5-11/h1-8,20H,9-10H2,(H,22,23). The summed E-state index contributed by atoms with van der Waals surface area (Å²) in [6, 6.07) is 15.2. The van der Waals surface area contributed by atoms with Crippen LogP contribution in [0, 0.1) is 0 Å². The highest BCUT2D eigenvalue weighted by Gasteiger charge is 2.36. The third kappa shape index (κ3) is 3.26. The number of hydrogen-bond acceptors (Lipinski definition) is 3. The highest BCUT2D eigenvalue weighted by atomic mass is 79.9. The maximum atomic E-state index is 11.3. The summed E-state index contributed by atoms with van der Waals surface area (Å²) < 4.78 is 0. The van der Waals surface area contributed by atoms with Crippen LogP contribution in [-0.2, 0) is 4.79 Å². The van der Waals surface area contributed by atoms with E-state index in [0.29, 0.717) is 10.4 Å². The molecule has 1 atom stereocenters. The molecule has 2 aromatic carbocycles. The van der Waals surface area contributed by atoms with E-state index in [9.17, 15) is 9.90 Å². The highest BCUT2D eigenvalue weighted by molar-refractivity contribution is 9.09. The summed E-state index contributed by atoms with van der Waals surface area (Å²) in [6.45, 7) is 0. The van der Waals surface area contributed by atoms with Gasteiger partial charge in [-0.3, -0.25) is 9.79 Å². The van der Waals surface area contributed by atoms with Crippen molar-refractivity contribution in [2.24, 2.45) is 4.99 Å². The summed E-state index contributed by atoms with van der Waals surface area (Å²) in [6.07, 6.45) is -0.128. The van der Waals surface area contributed by atoms with E-state index >= 15 is 0 Å². The fourth-order valence-corrected chi connectivity index (χ4v) is 3.27. The highest BCUT2D eigenvalue weighted by Crippen LogP contribution is 2.34. The van der Waals surface area contributed by atoms with Gasteiger partial charge in [0, 0.05) is 27.2 Å². The number of aliphatic carboxylic acids is 1. The number of rotatable bonds is 4. The number of benzene rings is 2. The molecule has 23 heavy (non-hydrogen) atoms. The molecule has 0 bridgehead atoms. The molecule has 6 heteroatoms. The molecule has 2 N–H and O–H groups in total. The summed E-state index contributed by atoms with van der Waals surface area (Å²) in [4.78, 5) is 16.0. The molecule has 0 aliphatic carbocycles. The van der Waals surface area contributed by atoms with E-state index in [1.807, 2.05) is 42.5 Å². The molecule has 4 nitrogen and oxygen atoms in total. The first-order valence-corrected chi connectivity index (χ1v) is 8.54. The summed E-state index contributed by atoms with van der Waals surface area (Å²) in [5.41, 5.74) is 2.42. The van der Waals surface area contributed by atoms with E-state index < -0.39 is 11.6 Å². The lowest BCUT2D eigenvalue weighted by molar-refractivity contribution is -0.137. The van der Waals surface area contributed by atoms with Gasteiger partial charge >= 0.3 is 5.97 Å². The second-order valence-corrected chi connectivity index (χ2v) is 6.37. The van der Waals surface area contributed by atoms with Crippen molar-refractivity contribution in [3.8, 4) is 0 Å². The van der Waals surface area contributed by atoms with Crippen LogP contribution in [0.5, 0.6) is 0 Å². The fraction of sp³-hybridized carbons (Fsp3) is 0.176. The lowest BCUT2D eigenvalue weighted by Crippen LogP contribution is -2.44. The van der Waals surface area contributed by atoms with E-state index in [4.69, 9.17) is 16.6 Å². The van der Waals surface area contributed by atoms with Gasteiger partial charge in [-0.25, -0.2) is 0 Å². The number of aliphatic imine (C=N–C) groups is 1. The Labute approximate surface area is 147 Å². The zero-order chi connectivity index (χ0) is 16.4. The first-order valence-electron chi connectivity index (χ1n) is 7.04. The minimum absolute atomic E-state index is 0.128. The average molecular weight is 394 g/mol. The number of carboxylic acid groups (broad SMARTS) is 1. The van der Waals surface area contributed by atoms with Gasteiger partial charge in [0.15, 0.2) is 5.66 Å². The molecule has 0 amide bonds. The number of carbonyl (C=O) groups is 1. The Kier molecular flexibility index (Phi) is 4.41. The van der Waals surface area contributed by atoms with Gasteiger partial charge in [0.05, 0.1) is 12.1 Å². The van der Waals surface area contributed by atoms with Crippen molar-refractivity contribution in [2.75, 3.05) is 10.6 Å². The molecular formula is C17H14BrClN2O2. The minimum Gasteiger partial charge on any atom is -0.481 e. The van der Waals surface area contributed by atoms with E-state index in [1.54, 1.807) is 6.07 Å². The number of nitrogens with zero attached hydrogens (tertiary/aromatic N) is 1. The molecule has 1 unspecified atom stereocenters. The predicted molar refractivity (Wildman–Crippen MR) is 95.9 cm³/mol. The molecule has 3 rings (SSSR count). The zero-order valence-corrected chi connectivity index (χ0v) is 14.4. The number of carboxylic acids is 1. The lowest BCUT2D eigenvalue weighted by Gasteiger charge is -2.35. The van der Waals surface area contributed by atoms with Crippen molar-refractivity contribution in [1.82, 2.24) is 0 Å². The normalized spacial score (nSPS) is 19.5. The number of hydrogen-bond donors (Lipinski definition) is 2. The largest absolute Gasteiger partial charge is 0.481 e. The van der Waals surface area contributed by atoms with Gasteiger partial charge in [-0.05, 0) is 18.2 Å². The maximum Gasteiger partial charge on any atom is 0.307 e. The van der Waals surface area contributed by atoms with Crippen LogP contribution in [0.1, 0.15) is 17.5 Å². The Balaban J connectivity index is 2.19. The Morgan fingerprint density at radius 1 is 1.26 bits per heavy atom. The molecule has 1 aliphatic heterocycles. The van der Waals surface area contributed by atoms with Crippen molar-refractivity contribution >= 4 is 44.9 Å². The third-order valence-electron chi connectivity index (χ3n) is 3.64. The molecule has 0 spiro atoms. The van der Waals surface area contributed by atoms with Crippen LogP contribution in [0.15, 0.2) is 53.5 Å². The first-order chi connectivity index (χ1) is 11.0. The SMILES string of the molecule is O=C(O)CC1(CBr)N=C(c2ccccc2)c2cc(Cl)ccc2N1. The van der Waals surface area contributed by atoms with Crippen molar-refractivity contribution in [1.29, 1.82) is 0 Å². The minimum atomic E-state index is -0.933. The van der Waals surface area contributed by atoms with E-state index in [0.717, 1.165) is 22.5 Å². The Hall–Kier alpha value is -1.85. The molecule has 118 valence electrons. The zero-order valence-electron chi connectivity index (χ0n) is 12.1. The number of fused-ring (bicyclic) bond motifs is 1. The summed E-state index contributed by atoms with van der Waals surface area (Å²) in [5, 5.41) is 13.5. The molecule has 0 saturated heterocycles. The smallest absolute Gasteiger partial charge is 0.307 e. The molecule has 1 heterocycles. The van der Waals surface area contributed by atoms with E-state index in [-0.39, 0.29) is 6.42 Å². The predicted octanol–water partition coefficient (Wildman–Crippen LogP) is 4.17. The van der Waals surface area contributed by atoms with Gasteiger partial charge < -0.3 is 10.4 Å². The Bertz CT molecular complexity index is 779. The summed E-state index contributed by atoms with van der Waals surface area (Å²) in [5.74, 6) is -0.912. The van der Waals surface area contributed by atoms with Gasteiger partial charge in [-0.2, -0.15) is 0 Å². The van der Waals surface area contributed by atoms with Gasteiger partial charge in [0.1, 0.15) is 0 Å². The topological polar surface area (TPSA) is 61.7 Å².